The number of rotatable bonds is 4. The van der Waals surface area contributed by atoms with E-state index in [0.717, 1.165) is 0 Å². The summed E-state index contributed by atoms with van der Waals surface area (Å²) in [6, 6.07) is 8.19. The molecule has 0 saturated carbocycles. The third-order valence-corrected chi connectivity index (χ3v) is 3.64. The van der Waals surface area contributed by atoms with Crippen LogP contribution in [0.4, 0.5) is 5.69 Å². The molecule has 0 amide bonds. The molecule has 1 N–H and O–H groups in total. The van der Waals surface area contributed by atoms with Crippen LogP contribution in [0.3, 0.4) is 0 Å². The van der Waals surface area contributed by atoms with Gasteiger partial charge in [-0.2, -0.15) is 0 Å². The van der Waals surface area contributed by atoms with Gasteiger partial charge < -0.3 is 9.84 Å². The molecule has 0 aromatic heterocycles. The van der Waals surface area contributed by atoms with E-state index in [1.807, 2.05) is 22.6 Å². The SMILES string of the molecule is O=C(O)c1ccc(I)c(Oc2cc(Cl)ccc2[N+](=O)[O-])c1. The Hall–Kier alpha value is -1.87. The number of hydrogen-bond acceptors (Lipinski definition) is 4. The average molecular weight is 420 g/mol. The average Bonchev–Trinajstić information content (AvgIpc) is 2.40. The second-order valence-corrected chi connectivity index (χ2v) is 5.52. The minimum Gasteiger partial charge on any atom is -0.478 e. The molecular weight excluding hydrogens is 413 g/mol. The summed E-state index contributed by atoms with van der Waals surface area (Å²) in [5, 5.41) is 20.2. The largest absolute Gasteiger partial charge is 0.478 e. The summed E-state index contributed by atoms with van der Waals surface area (Å²) in [5.41, 5.74) is -0.231. The summed E-state index contributed by atoms with van der Waals surface area (Å²) in [6.07, 6.45) is 0. The number of nitro benzene ring substituents is 1. The molecule has 0 fully saturated rings. The molecule has 2 aromatic rings. The highest BCUT2D eigenvalue weighted by Crippen LogP contribution is 2.35. The summed E-state index contributed by atoms with van der Waals surface area (Å²) in [6.45, 7) is 0. The second-order valence-electron chi connectivity index (χ2n) is 3.92. The van der Waals surface area contributed by atoms with Crippen LogP contribution in [-0.4, -0.2) is 16.0 Å². The molecule has 8 heteroatoms. The van der Waals surface area contributed by atoms with E-state index < -0.39 is 10.9 Å². The van der Waals surface area contributed by atoms with Crippen LogP contribution in [0, 0.1) is 13.7 Å². The van der Waals surface area contributed by atoms with Gasteiger partial charge in [-0.05, 0) is 46.9 Å². The Bertz CT molecular complexity index is 734. The lowest BCUT2D eigenvalue weighted by Gasteiger charge is -2.09. The molecule has 0 atom stereocenters. The number of aromatic carboxylic acids is 1. The summed E-state index contributed by atoms with van der Waals surface area (Å²) in [5.74, 6) is -0.953. The Morgan fingerprint density at radius 3 is 2.57 bits per heavy atom. The first-order valence-electron chi connectivity index (χ1n) is 5.53. The molecule has 108 valence electrons. The molecule has 6 nitrogen and oxygen atoms in total. The number of halogens is 2. The van der Waals surface area contributed by atoms with Gasteiger partial charge in [0, 0.05) is 17.2 Å². The summed E-state index contributed by atoms with van der Waals surface area (Å²) in [7, 11) is 0. The standard InChI is InChI=1S/C13H7ClINO5/c14-8-2-4-10(16(19)20)12(6-8)21-11-5-7(13(17)18)1-3-9(11)15/h1-6H,(H,17,18). The maximum Gasteiger partial charge on any atom is 0.335 e. The third-order valence-electron chi connectivity index (χ3n) is 2.52. The van der Waals surface area contributed by atoms with Crippen molar-refractivity contribution >= 4 is 45.8 Å². The van der Waals surface area contributed by atoms with Crippen molar-refractivity contribution in [3.8, 4) is 11.5 Å². The van der Waals surface area contributed by atoms with E-state index >= 15 is 0 Å². The molecule has 0 saturated heterocycles. The van der Waals surface area contributed by atoms with E-state index in [2.05, 4.69) is 0 Å². The third kappa shape index (κ3) is 3.61. The molecule has 0 aliphatic heterocycles. The molecule has 0 bridgehead atoms. The molecule has 0 heterocycles. The highest BCUT2D eigenvalue weighted by Gasteiger charge is 2.18. The minimum atomic E-state index is -1.11. The van der Waals surface area contributed by atoms with Crippen LogP contribution in [0.15, 0.2) is 36.4 Å². The number of carboxylic acids is 1. The van der Waals surface area contributed by atoms with Crippen LogP contribution in [-0.2, 0) is 0 Å². The van der Waals surface area contributed by atoms with Gasteiger partial charge in [0.2, 0.25) is 5.75 Å². The quantitative estimate of drug-likeness (QED) is 0.452. The Labute approximate surface area is 137 Å². The normalized spacial score (nSPS) is 10.2. The highest BCUT2D eigenvalue weighted by molar-refractivity contribution is 14.1. The van der Waals surface area contributed by atoms with Crippen LogP contribution in [0.2, 0.25) is 5.02 Å². The molecule has 0 aliphatic rings. The van der Waals surface area contributed by atoms with E-state index in [-0.39, 0.29) is 27.8 Å². The van der Waals surface area contributed by atoms with Crippen molar-refractivity contribution in [1.82, 2.24) is 0 Å². The van der Waals surface area contributed by atoms with Gasteiger partial charge in [-0.1, -0.05) is 11.6 Å². The Kier molecular flexibility index (Phi) is 4.63. The van der Waals surface area contributed by atoms with Gasteiger partial charge in [0.25, 0.3) is 0 Å². The van der Waals surface area contributed by atoms with Gasteiger partial charge in [-0.25, -0.2) is 4.79 Å². The van der Waals surface area contributed by atoms with Crippen molar-refractivity contribution in [1.29, 1.82) is 0 Å². The lowest BCUT2D eigenvalue weighted by Crippen LogP contribution is -1.99. The van der Waals surface area contributed by atoms with Crippen LogP contribution < -0.4 is 4.74 Å². The second kappa shape index (κ2) is 6.27. The fourth-order valence-electron chi connectivity index (χ4n) is 1.55. The molecule has 2 rings (SSSR count). The predicted molar refractivity (Wildman–Crippen MR) is 84.3 cm³/mol. The fraction of sp³-hybridized carbons (Fsp3) is 0. The van der Waals surface area contributed by atoms with E-state index in [0.29, 0.717) is 3.57 Å². The molecule has 21 heavy (non-hydrogen) atoms. The fourth-order valence-corrected chi connectivity index (χ4v) is 2.16. The van der Waals surface area contributed by atoms with Gasteiger partial charge in [0.1, 0.15) is 5.75 Å². The lowest BCUT2D eigenvalue weighted by molar-refractivity contribution is -0.385. The van der Waals surface area contributed by atoms with Crippen molar-refractivity contribution in [2.24, 2.45) is 0 Å². The van der Waals surface area contributed by atoms with Crippen molar-refractivity contribution in [2.45, 2.75) is 0 Å². The lowest BCUT2D eigenvalue weighted by atomic mass is 10.2. The van der Waals surface area contributed by atoms with Gasteiger partial charge in [-0.3, -0.25) is 10.1 Å². The van der Waals surface area contributed by atoms with Crippen molar-refractivity contribution in [3.05, 3.63) is 60.7 Å². The number of nitro groups is 1. The van der Waals surface area contributed by atoms with Crippen molar-refractivity contribution in [2.75, 3.05) is 0 Å². The van der Waals surface area contributed by atoms with E-state index in [1.165, 1.54) is 30.3 Å². The summed E-state index contributed by atoms with van der Waals surface area (Å²) < 4.78 is 6.09. The molecule has 2 aromatic carbocycles. The Morgan fingerprint density at radius 1 is 1.24 bits per heavy atom. The van der Waals surface area contributed by atoms with Crippen molar-refractivity contribution < 1.29 is 19.6 Å². The van der Waals surface area contributed by atoms with Crippen molar-refractivity contribution in [3.63, 3.8) is 0 Å². The smallest absolute Gasteiger partial charge is 0.335 e. The van der Waals surface area contributed by atoms with E-state index in [9.17, 15) is 14.9 Å². The van der Waals surface area contributed by atoms with E-state index in [1.54, 1.807) is 6.07 Å². The number of carbonyl (C=O) groups is 1. The number of hydrogen-bond donors (Lipinski definition) is 1. The van der Waals surface area contributed by atoms with Gasteiger partial charge in [0.05, 0.1) is 14.1 Å². The van der Waals surface area contributed by atoms with Gasteiger partial charge >= 0.3 is 11.7 Å². The minimum absolute atomic E-state index is 0.0232. The Balaban J connectivity index is 2.47. The predicted octanol–water partition coefficient (Wildman–Crippen LogP) is 4.34. The van der Waals surface area contributed by atoms with E-state index in [4.69, 9.17) is 21.4 Å². The Morgan fingerprint density at radius 2 is 1.95 bits per heavy atom. The first kappa shape index (κ1) is 15.5. The zero-order valence-electron chi connectivity index (χ0n) is 10.2. The number of nitrogens with zero attached hydrogens (tertiary/aromatic N) is 1. The zero-order valence-corrected chi connectivity index (χ0v) is 13.2. The molecule has 0 radical (unpaired) electrons. The van der Waals surface area contributed by atoms with Gasteiger partial charge in [0.15, 0.2) is 0 Å². The molecular formula is C13H7ClINO5. The monoisotopic (exact) mass is 419 g/mol. The first-order valence-corrected chi connectivity index (χ1v) is 6.99. The molecule has 0 aliphatic carbocycles. The van der Waals surface area contributed by atoms with Crippen LogP contribution in [0.1, 0.15) is 10.4 Å². The first-order chi connectivity index (χ1) is 9.88. The number of ether oxygens (including phenoxy) is 1. The topological polar surface area (TPSA) is 89.7 Å². The summed E-state index contributed by atoms with van der Waals surface area (Å²) >= 11 is 7.75. The highest BCUT2D eigenvalue weighted by atomic mass is 127. The van der Waals surface area contributed by atoms with Crippen LogP contribution in [0.5, 0.6) is 11.5 Å². The number of carboxylic acid groups (broad SMARTS) is 1. The van der Waals surface area contributed by atoms with Crippen LogP contribution in [0.25, 0.3) is 0 Å². The maximum absolute atomic E-state index is 11.0. The van der Waals surface area contributed by atoms with Crippen LogP contribution >= 0.6 is 34.2 Å². The number of benzene rings is 2. The maximum atomic E-state index is 11.0. The molecule has 0 spiro atoms. The zero-order chi connectivity index (χ0) is 15.6. The summed E-state index contributed by atoms with van der Waals surface area (Å²) in [4.78, 5) is 21.3. The van der Waals surface area contributed by atoms with Gasteiger partial charge in [-0.15, -0.1) is 0 Å². The molecule has 0 unspecified atom stereocenters.